The van der Waals surface area contributed by atoms with Gasteiger partial charge in [0.05, 0.1) is 17.2 Å². The Bertz CT molecular complexity index is 1030. The molecule has 0 aliphatic rings. The number of carboxylic acid groups (broad SMARTS) is 1. The Kier molecular flexibility index (Phi) is 7.63. The van der Waals surface area contributed by atoms with Gasteiger partial charge in [-0.1, -0.05) is 35.3 Å². The lowest BCUT2D eigenvalue weighted by atomic mass is 10.1. The van der Waals surface area contributed by atoms with Gasteiger partial charge in [0.25, 0.3) is 0 Å². The van der Waals surface area contributed by atoms with E-state index in [1.807, 2.05) is 48.5 Å². The molecule has 1 unspecified atom stereocenters. The van der Waals surface area contributed by atoms with Crippen LogP contribution in [0.5, 0.6) is 23.0 Å². The Labute approximate surface area is 190 Å². The number of benzene rings is 3. The molecule has 0 aliphatic heterocycles. The highest BCUT2D eigenvalue weighted by Gasteiger charge is 2.16. The number of hydrogen-bond acceptors (Lipinski definition) is 5. The Hall–Kier alpha value is -2.93. The highest BCUT2D eigenvalue weighted by Crippen LogP contribution is 2.35. The average Bonchev–Trinajstić information content (AvgIpc) is 2.74. The number of methoxy groups -OCH3 is 1. The summed E-state index contributed by atoms with van der Waals surface area (Å²) in [7, 11) is 1.61. The zero-order valence-corrected chi connectivity index (χ0v) is 18.2. The quantitative estimate of drug-likeness (QED) is 0.447. The lowest BCUT2D eigenvalue weighted by Crippen LogP contribution is -2.32. The number of carboxylic acids is 1. The van der Waals surface area contributed by atoms with E-state index in [0.717, 1.165) is 11.3 Å². The van der Waals surface area contributed by atoms with E-state index >= 15 is 0 Å². The van der Waals surface area contributed by atoms with Crippen molar-refractivity contribution in [1.29, 1.82) is 0 Å². The molecule has 0 radical (unpaired) electrons. The van der Waals surface area contributed by atoms with Crippen LogP contribution in [0.2, 0.25) is 10.0 Å². The zero-order valence-electron chi connectivity index (χ0n) is 16.7. The average molecular weight is 462 g/mol. The van der Waals surface area contributed by atoms with Gasteiger partial charge in [0, 0.05) is 0 Å². The van der Waals surface area contributed by atoms with Gasteiger partial charge in [0.15, 0.2) is 5.75 Å². The van der Waals surface area contributed by atoms with E-state index < -0.39 is 12.0 Å². The van der Waals surface area contributed by atoms with E-state index in [-0.39, 0.29) is 23.1 Å². The Morgan fingerprint density at radius 1 is 0.968 bits per heavy atom. The Morgan fingerprint density at radius 3 is 2.23 bits per heavy atom. The highest BCUT2D eigenvalue weighted by atomic mass is 35.5. The van der Waals surface area contributed by atoms with Crippen LogP contribution in [0.25, 0.3) is 0 Å². The SMILES string of the molecule is COc1ccc(Oc2cccc(COc3c(Cl)cc(CC(N)C(=O)O)cc3Cl)c2)cc1. The summed E-state index contributed by atoms with van der Waals surface area (Å²) in [5.74, 6) is 1.31. The molecule has 0 bridgehead atoms. The first-order valence-corrected chi connectivity index (χ1v) is 10.1. The van der Waals surface area contributed by atoms with Crippen LogP contribution in [0.4, 0.5) is 0 Å². The first-order valence-electron chi connectivity index (χ1n) is 9.35. The smallest absolute Gasteiger partial charge is 0.320 e. The summed E-state index contributed by atoms with van der Waals surface area (Å²) in [6, 6.07) is 16.9. The second kappa shape index (κ2) is 10.4. The van der Waals surface area contributed by atoms with Crippen LogP contribution in [-0.4, -0.2) is 24.2 Å². The standard InChI is InChI=1S/C23H21Cl2NO5/c1-29-16-5-7-17(8-6-16)31-18-4-2-3-14(9-18)13-30-22-19(24)10-15(11-20(22)25)12-21(26)23(27)28/h2-11,21H,12-13,26H2,1H3,(H,27,28). The molecule has 162 valence electrons. The molecule has 8 heteroatoms. The molecular weight excluding hydrogens is 441 g/mol. The van der Waals surface area contributed by atoms with Crippen molar-refractivity contribution < 1.29 is 24.1 Å². The first-order chi connectivity index (χ1) is 14.9. The van der Waals surface area contributed by atoms with E-state index in [0.29, 0.717) is 22.8 Å². The maximum absolute atomic E-state index is 10.9. The van der Waals surface area contributed by atoms with Crippen molar-refractivity contribution in [2.75, 3.05) is 7.11 Å². The van der Waals surface area contributed by atoms with Gasteiger partial charge in [0.1, 0.15) is 29.9 Å². The summed E-state index contributed by atoms with van der Waals surface area (Å²) in [6.45, 7) is 0.216. The van der Waals surface area contributed by atoms with E-state index in [9.17, 15) is 4.79 Å². The van der Waals surface area contributed by atoms with Crippen molar-refractivity contribution in [3.63, 3.8) is 0 Å². The summed E-state index contributed by atoms with van der Waals surface area (Å²) in [5.41, 5.74) is 7.04. The number of carbonyl (C=O) groups is 1. The van der Waals surface area contributed by atoms with Gasteiger partial charge < -0.3 is 25.1 Å². The van der Waals surface area contributed by atoms with Gasteiger partial charge in [0.2, 0.25) is 0 Å². The Balaban J connectivity index is 1.67. The number of hydrogen-bond donors (Lipinski definition) is 2. The summed E-state index contributed by atoms with van der Waals surface area (Å²) in [6.07, 6.45) is 0.111. The van der Waals surface area contributed by atoms with Crippen molar-refractivity contribution in [1.82, 2.24) is 0 Å². The van der Waals surface area contributed by atoms with Crippen molar-refractivity contribution in [3.05, 3.63) is 81.8 Å². The molecule has 3 aromatic carbocycles. The number of halogens is 2. The normalized spacial score (nSPS) is 11.6. The van der Waals surface area contributed by atoms with Crippen molar-refractivity contribution in [2.24, 2.45) is 5.73 Å². The minimum atomic E-state index is -1.09. The third kappa shape index (κ3) is 6.28. The summed E-state index contributed by atoms with van der Waals surface area (Å²) >= 11 is 12.6. The molecule has 3 rings (SSSR count). The lowest BCUT2D eigenvalue weighted by Gasteiger charge is -2.14. The summed E-state index contributed by atoms with van der Waals surface area (Å²) < 4.78 is 16.8. The van der Waals surface area contributed by atoms with Gasteiger partial charge in [-0.2, -0.15) is 0 Å². The maximum Gasteiger partial charge on any atom is 0.320 e. The van der Waals surface area contributed by atoms with Crippen LogP contribution in [0.3, 0.4) is 0 Å². The molecule has 6 nitrogen and oxygen atoms in total. The molecule has 31 heavy (non-hydrogen) atoms. The van der Waals surface area contributed by atoms with Crippen LogP contribution in [0.15, 0.2) is 60.7 Å². The largest absolute Gasteiger partial charge is 0.497 e. The molecule has 0 saturated carbocycles. The summed E-state index contributed by atoms with van der Waals surface area (Å²) in [4.78, 5) is 10.9. The fourth-order valence-electron chi connectivity index (χ4n) is 2.84. The molecule has 0 amide bonds. The molecule has 3 aromatic rings. The molecule has 1 atom stereocenters. The minimum absolute atomic E-state index is 0.111. The number of ether oxygens (including phenoxy) is 3. The molecule has 0 saturated heterocycles. The van der Waals surface area contributed by atoms with Gasteiger partial charge in [-0.25, -0.2) is 0 Å². The fourth-order valence-corrected chi connectivity index (χ4v) is 3.48. The van der Waals surface area contributed by atoms with Crippen molar-refractivity contribution >= 4 is 29.2 Å². The van der Waals surface area contributed by atoms with Crippen LogP contribution < -0.4 is 19.9 Å². The molecular formula is C23H21Cl2NO5. The highest BCUT2D eigenvalue weighted by molar-refractivity contribution is 6.37. The van der Waals surface area contributed by atoms with Gasteiger partial charge >= 0.3 is 5.97 Å². The van der Waals surface area contributed by atoms with Gasteiger partial charge in [-0.05, 0) is 66.1 Å². The van der Waals surface area contributed by atoms with Crippen LogP contribution in [0.1, 0.15) is 11.1 Å². The number of nitrogens with two attached hydrogens (primary N) is 1. The molecule has 0 aliphatic carbocycles. The predicted octanol–water partition coefficient (Wildman–Crippen LogP) is 5.33. The van der Waals surface area contributed by atoms with Crippen LogP contribution in [-0.2, 0) is 17.8 Å². The van der Waals surface area contributed by atoms with Crippen LogP contribution >= 0.6 is 23.2 Å². The molecule has 0 heterocycles. The first kappa shape index (κ1) is 22.7. The van der Waals surface area contributed by atoms with E-state index in [1.54, 1.807) is 19.2 Å². The third-order valence-corrected chi connectivity index (χ3v) is 4.97. The van der Waals surface area contributed by atoms with Crippen molar-refractivity contribution in [3.8, 4) is 23.0 Å². The molecule has 0 fully saturated rings. The summed E-state index contributed by atoms with van der Waals surface area (Å²) in [5, 5.41) is 9.52. The van der Waals surface area contributed by atoms with Crippen molar-refractivity contribution in [2.45, 2.75) is 19.1 Å². The molecule has 3 N–H and O–H groups in total. The monoisotopic (exact) mass is 461 g/mol. The topological polar surface area (TPSA) is 91.0 Å². The zero-order chi connectivity index (χ0) is 22.4. The number of rotatable bonds is 9. The Morgan fingerprint density at radius 2 is 1.61 bits per heavy atom. The second-order valence-corrected chi connectivity index (χ2v) is 7.57. The maximum atomic E-state index is 10.9. The number of aliphatic carboxylic acids is 1. The van der Waals surface area contributed by atoms with E-state index in [2.05, 4.69) is 0 Å². The molecule has 0 aromatic heterocycles. The third-order valence-electron chi connectivity index (χ3n) is 4.41. The van der Waals surface area contributed by atoms with E-state index in [1.165, 1.54) is 0 Å². The predicted molar refractivity (Wildman–Crippen MR) is 120 cm³/mol. The van der Waals surface area contributed by atoms with Gasteiger partial charge in [-0.15, -0.1) is 0 Å². The van der Waals surface area contributed by atoms with Crippen LogP contribution in [0, 0.1) is 0 Å². The lowest BCUT2D eigenvalue weighted by molar-refractivity contribution is -0.138. The van der Waals surface area contributed by atoms with Gasteiger partial charge in [-0.3, -0.25) is 4.79 Å². The fraction of sp³-hybridized carbons (Fsp3) is 0.174. The minimum Gasteiger partial charge on any atom is -0.497 e. The second-order valence-electron chi connectivity index (χ2n) is 6.75. The van der Waals surface area contributed by atoms with E-state index in [4.69, 9.17) is 48.3 Å². The molecule has 0 spiro atoms.